The Labute approximate surface area is 237 Å². The SMILES string of the molecule is CC(C)(C)CN1/C(=C/C=C/C=C/C2=Nc3ccc(S(=O)(=O)O)cc3C2(C)C)C(C)(C)c2cc(S(=O)(=O)O)ccc21. The Hall–Kier alpha value is -3.05. The van der Waals surface area contributed by atoms with Crippen LogP contribution in [0.25, 0.3) is 0 Å². The number of hydrogen-bond acceptors (Lipinski definition) is 6. The molecule has 0 spiro atoms. The Morgan fingerprint density at radius 3 is 1.98 bits per heavy atom. The number of allylic oxidation sites excluding steroid dienone is 6. The molecule has 214 valence electrons. The van der Waals surface area contributed by atoms with Crippen LogP contribution < -0.4 is 4.90 Å². The van der Waals surface area contributed by atoms with E-state index in [2.05, 4.69) is 30.7 Å². The molecule has 0 saturated heterocycles. The average molecular weight is 585 g/mol. The molecule has 0 aromatic heterocycles. The van der Waals surface area contributed by atoms with Gasteiger partial charge in [-0.2, -0.15) is 16.8 Å². The molecule has 0 fully saturated rings. The maximum Gasteiger partial charge on any atom is 0.294 e. The van der Waals surface area contributed by atoms with Crippen LogP contribution in [-0.2, 0) is 31.1 Å². The number of hydrogen-bond donors (Lipinski definition) is 2. The lowest BCUT2D eigenvalue weighted by molar-refractivity contribution is 0.416. The number of benzene rings is 2. The van der Waals surface area contributed by atoms with Gasteiger partial charge in [-0.15, -0.1) is 0 Å². The molecule has 0 bridgehead atoms. The van der Waals surface area contributed by atoms with Crippen molar-refractivity contribution in [2.75, 3.05) is 11.4 Å². The molecule has 40 heavy (non-hydrogen) atoms. The van der Waals surface area contributed by atoms with Crippen molar-refractivity contribution in [3.63, 3.8) is 0 Å². The Morgan fingerprint density at radius 2 is 1.40 bits per heavy atom. The first-order valence-electron chi connectivity index (χ1n) is 12.9. The number of aliphatic imine (C=N–C) groups is 1. The van der Waals surface area contributed by atoms with Crippen molar-refractivity contribution in [3.05, 3.63) is 83.6 Å². The first-order chi connectivity index (χ1) is 18.2. The molecule has 0 aliphatic carbocycles. The van der Waals surface area contributed by atoms with Crippen LogP contribution in [0.3, 0.4) is 0 Å². The largest absolute Gasteiger partial charge is 0.343 e. The number of nitrogens with zero attached hydrogens (tertiary/aromatic N) is 2. The highest BCUT2D eigenvalue weighted by atomic mass is 32.2. The summed E-state index contributed by atoms with van der Waals surface area (Å²) in [7, 11) is -8.64. The fourth-order valence-electron chi connectivity index (χ4n) is 5.24. The fourth-order valence-corrected chi connectivity index (χ4v) is 6.26. The predicted molar refractivity (Wildman–Crippen MR) is 159 cm³/mol. The van der Waals surface area contributed by atoms with E-state index in [1.807, 2.05) is 58.1 Å². The lowest BCUT2D eigenvalue weighted by atomic mass is 9.81. The topological polar surface area (TPSA) is 124 Å². The molecule has 4 rings (SSSR count). The normalized spacial score (nSPS) is 19.5. The second kappa shape index (κ2) is 9.80. The first-order valence-corrected chi connectivity index (χ1v) is 15.8. The highest BCUT2D eigenvalue weighted by molar-refractivity contribution is 7.86. The summed E-state index contributed by atoms with van der Waals surface area (Å²) in [4.78, 5) is 6.58. The summed E-state index contributed by atoms with van der Waals surface area (Å²) in [5.41, 5.74) is 3.76. The maximum absolute atomic E-state index is 11.8. The van der Waals surface area contributed by atoms with Gasteiger partial charge in [0.2, 0.25) is 0 Å². The van der Waals surface area contributed by atoms with E-state index in [0.29, 0.717) is 12.2 Å². The predicted octanol–water partition coefficient (Wildman–Crippen LogP) is 6.38. The van der Waals surface area contributed by atoms with Crippen LogP contribution in [0, 0.1) is 5.41 Å². The van der Waals surface area contributed by atoms with Crippen molar-refractivity contribution in [2.45, 2.75) is 69.1 Å². The summed E-state index contributed by atoms with van der Waals surface area (Å²) in [5, 5.41) is 0. The van der Waals surface area contributed by atoms with Gasteiger partial charge in [0, 0.05) is 28.8 Å². The molecule has 2 aromatic rings. The van der Waals surface area contributed by atoms with E-state index in [1.54, 1.807) is 18.2 Å². The molecule has 2 aliphatic rings. The molecule has 0 atom stereocenters. The van der Waals surface area contributed by atoms with E-state index in [4.69, 9.17) is 0 Å². The zero-order valence-corrected chi connectivity index (χ0v) is 25.4. The molecule has 2 N–H and O–H groups in total. The summed E-state index contributed by atoms with van der Waals surface area (Å²) in [6.45, 7) is 15.1. The first kappa shape index (κ1) is 29.9. The zero-order valence-electron chi connectivity index (χ0n) is 23.8. The van der Waals surface area contributed by atoms with E-state index < -0.39 is 31.1 Å². The van der Waals surface area contributed by atoms with E-state index >= 15 is 0 Å². The van der Waals surface area contributed by atoms with Gasteiger partial charge in [-0.05, 0) is 65.1 Å². The molecule has 0 radical (unpaired) electrons. The Kier molecular flexibility index (Phi) is 7.33. The summed E-state index contributed by atoms with van der Waals surface area (Å²) in [6, 6.07) is 9.14. The van der Waals surface area contributed by atoms with Crippen LogP contribution in [-0.4, -0.2) is 38.2 Å². The van der Waals surface area contributed by atoms with Crippen molar-refractivity contribution < 1.29 is 25.9 Å². The number of fused-ring (bicyclic) bond motifs is 2. The molecule has 0 amide bonds. The third kappa shape index (κ3) is 5.72. The minimum atomic E-state index is -4.33. The second-order valence-corrected chi connectivity index (χ2v) is 15.3. The summed E-state index contributed by atoms with van der Waals surface area (Å²) < 4.78 is 65.9. The number of rotatable bonds is 6. The third-order valence-electron chi connectivity index (χ3n) is 7.34. The Bertz CT molecular complexity index is 1700. The van der Waals surface area contributed by atoms with Crippen molar-refractivity contribution in [3.8, 4) is 0 Å². The smallest absolute Gasteiger partial charge is 0.294 e. The van der Waals surface area contributed by atoms with Gasteiger partial charge in [0.25, 0.3) is 20.2 Å². The van der Waals surface area contributed by atoms with Crippen molar-refractivity contribution in [1.29, 1.82) is 0 Å². The van der Waals surface area contributed by atoms with Crippen LogP contribution >= 0.6 is 0 Å². The van der Waals surface area contributed by atoms with Gasteiger partial charge in [0.1, 0.15) is 0 Å². The molecular weight excluding hydrogens is 548 g/mol. The van der Waals surface area contributed by atoms with Gasteiger partial charge in [0.05, 0.1) is 21.2 Å². The Morgan fingerprint density at radius 1 is 0.825 bits per heavy atom. The van der Waals surface area contributed by atoms with Gasteiger partial charge < -0.3 is 4.90 Å². The van der Waals surface area contributed by atoms with E-state index in [1.165, 1.54) is 18.2 Å². The van der Waals surface area contributed by atoms with Crippen LogP contribution in [0.2, 0.25) is 0 Å². The quantitative estimate of drug-likeness (QED) is 0.298. The molecule has 2 heterocycles. The highest BCUT2D eigenvalue weighted by Gasteiger charge is 2.41. The van der Waals surface area contributed by atoms with Gasteiger partial charge in [-0.3, -0.25) is 14.1 Å². The molecule has 0 saturated carbocycles. The summed E-state index contributed by atoms with van der Waals surface area (Å²) in [5.74, 6) is 0. The molecule has 2 aliphatic heterocycles. The van der Waals surface area contributed by atoms with Crippen LogP contribution in [0.4, 0.5) is 11.4 Å². The molecule has 8 nitrogen and oxygen atoms in total. The zero-order chi connectivity index (χ0) is 29.9. The van der Waals surface area contributed by atoms with Crippen molar-refractivity contribution in [1.82, 2.24) is 0 Å². The van der Waals surface area contributed by atoms with Crippen LogP contribution in [0.5, 0.6) is 0 Å². The van der Waals surface area contributed by atoms with E-state index in [9.17, 15) is 25.9 Å². The minimum absolute atomic E-state index is 0.0431. The van der Waals surface area contributed by atoms with Crippen molar-refractivity contribution >= 4 is 37.3 Å². The molecule has 2 aromatic carbocycles. The molecular formula is C30H36N2O6S2. The highest BCUT2D eigenvalue weighted by Crippen LogP contribution is 2.49. The lowest BCUT2D eigenvalue weighted by Gasteiger charge is -2.32. The van der Waals surface area contributed by atoms with Crippen molar-refractivity contribution in [2.24, 2.45) is 10.4 Å². The fraction of sp³-hybridized carbons (Fsp3) is 0.367. The van der Waals surface area contributed by atoms with E-state index in [0.717, 1.165) is 28.2 Å². The van der Waals surface area contributed by atoms with E-state index in [-0.39, 0.29) is 15.2 Å². The second-order valence-electron chi connectivity index (χ2n) is 12.5. The summed E-state index contributed by atoms with van der Waals surface area (Å²) in [6.07, 6.45) is 9.56. The standard InChI is InChI=1S/C30H36N2O6S2/c1-28(2,3)19-32-25-16-14-21(40(36,37)38)18-23(25)30(6,7)27(32)12-10-8-9-11-26-29(4,5)22-17-20(39(33,34)35)13-15-24(22)31-26/h8-18H,19H2,1-7H3,(H,33,34,35)(H,36,37,38)/b10-8+,11-9+,27-12+. The van der Waals surface area contributed by atoms with Crippen LogP contribution in [0.15, 0.2) is 87.3 Å². The van der Waals surface area contributed by atoms with Gasteiger partial charge in [0.15, 0.2) is 0 Å². The Balaban J connectivity index is 1.63. The molecule has 10 heteroatoms. The van der Waals surface area contributed by atoms with Gasteiger partial charge in [-0.1, -0.05) is 66.7 Å². The van der Waals surface area contributed by atoms with Crippen LogP contribution in [0.1, 0.15) is 59.6 Å². The minimum Gasteiger partial charge on any atom is -0.343 e. The molecule has 0 unspecified atom stereocenters. The van der Waals surface area contributed by atoms with Gasteiger partial charge in [-0.25, -0.2) is 0 Å². The lowest BCUT2D eigenvalue weighted by Crippen LogP contribution is -2.33. The third-order valence-corrected chi connectivity index (χ3v) is 9.04. The maximum atomic E-state index is 11.8. The summed E-state index contributed by atoms with van der Waals surface area (Å²) >= 11 is 0. The average Bonchev–Trinajstić information content (AvgIpc) is 3.18. The monoisotopic (exact) mass is 584 g/mol. The number of anilines is 1. The van der Waals surface area contributed by atoms with Gasteiger partial charge >= 0.3 is 0 Å².